The average molecular weight is 295 g/mol. The summed E-state index contributed by atoms with van der Waals surface area (Å²) in [5, 5.41) is 0.452. The normalized spacial score (nSPS) is 10.3. The van der Waals surface area contributed by atoms with Gasteiger partial charge in [-0.15, -0.1) is 0 Å². The smallest absolute Gasteiger partial charge is 0.146 e. The molecule has 0 bridgehead atoms. The minimum atomic E-state index is -0.320. The van der Waals surface area contributed by atoms with Crippen LogP contribution in [-0.4, -0.2) is 12.0 Å². The number of nitrogens with zero attached hydrogens (tertiary/aromatic N) is 1. The second kappa shape index (κ2) is 5.55. The van der Waals surface area contributed by atoms with Crippen LogP contribution in [0.4, 0.5) is 15.8 Å². The summed E-state index contributed by atoms with van der Waals surface area (Å²) in [5.74, 6) is -0.320. The average Bonchev–Trinajstić information content (AvgIpc) is 2.37. The van der Waals surface area contributed by atoms with Crippen molar-refractivity contribution in [3.8, 4) is 0 Å². The number of benzene rings is 2. The van der Waals surface area contributed by atoms with E-state index in [1.54, 1.807) is 48.3 Å². The zero-order valence-corrected chi connectivity index (χ0v) is 11.8. The van der Waals surface area contributed by atoms with Crippen LogP contribution >= 0.6 is 23.8 Å². The topological polar surface area (TPSA) is 29.3 Å². The molecular formula is C14H12ClFN2S. The van der Waals surface area contributed by atoms with Gasteiger partial charge in [0.15, 0.2) is 0 Å². The molecule has 0 atom stereocenters. The highest BCUT2D eigenvalue weighted by Gasteiger charge is 2.16. The Kier molecular flexibility index (Phi) is 4.02. The molecule has 0 spiro atoms. The van der Waals surface area contributed by atoms with Gasteiger partial charge in [0.25, 0.3) is 0 Å². The molecule has 5 heteroatoms. The predicted molar refractivity (Wildman–Crippen MR) is 81.8 cm³/mol. The minimum Gasteiger partial charge on any atom is -0.389 e. The molecule has 2 nitrogen and oxygen atoms in total. The van der Waals surface area contributed by atoms with E-state index in [-0.39, 0.29) is 10.8 Å². The Morgan fingerprint density at radius 2 is 1.79 bits per heavy atom. The number of hydrogen-bond acceptors (Lipinski definition) is 2. The van der Waals surface area contributed by atoms with Crippen molar-refractivity contribution >= 4 is 40.2 Å². The van der Waals surface area contributed by atoms with Crippen LogP contribution in [0.5, 0.6) is 0 Å². The molecule has 0 aliphatic heterocycles. The van der Waals surface area contributed by atoms with Crippen molar-refractivity contribution in [2.24, 2.45) is 5.73 Å². The van der Waals surface area contributed by atoms with Gasteiger partial charge >= 0.3 is 0 Å². The molecular weight excluding hydrogens is 283 g/mol. The van der Waals surface area contributed by atoms with Gasteiger partial charge in [0, 0.05) is 7.05 Å². The molecule has 2 aromatic rings. The molecule has 0 fully saturated rings. The van der Waals surface area contributed by atoms with E-state index in [9.17, 15) is 4.39 Å². The molecule has 0 saturated carbocycles. The molecule has 0 amide bonds. The molecule has 0 aliphatic rings. The Bertz CT molecular complexity index is 631. The van der Waals surface area contributed by atoms with Gasteiger partial charge in [-0.3, -0.25) is 0 Å². The van der Waals surface area contributed by atoms with Gasteiger partial charge in [0.05, 0.1) is 22.0 Å². The first-order valence-electron chi connectivity index (χ1n) is 5.59. The first kappa shape index (κ1) is 13.8. The van der Waals surface area contributed by atoms with Crippen LogP contribution in [0.1, 0.15) is 5.56 Å². The fourth-order valence-corrected chi connectivity index (χ4v) is 2.43. The van der Waals surface area contributed by atoms with Crippen LogP contribution in [-0.2, 0) is 0 Å². The van der Waals surface area contributed by atoms with E-state index in [2.05, 4.69) is 0 Å². The second-order valence-corrected chi connectivity index (χ2v) is 4.86. The zero-order valence-electron chi connectivity index (χ0n) is 10.2. The van der Waals surface area contributed by atoms with E-state index in [0.717, 1.165) is 0 Å². The van der Waals surface area contributed by atoms with Crippen molar-refractivity contribution in [1.29, 1.82) is 0 Å². The van der Waals surface area contributed by atoms with Gasteiger partial charge < -0.3 is 10.6 Å². The fourth-order valence-electron chi connectivity index (χ4n) is 1.89. The molecule has 0 aromatic heterocycles. The number of nitrogens with two attached hydrogens (primary N) is 1. The van der Waals surface area contributed by atoms with Crippen molar-refractivity contribution in [2.45, 2.75) is 0 Å². The lowest BCUT2D eigenvalue weighted by molar-refractivity contribution is 0.627. The van der Waals surface area contributed by atoms with Gasteiger partial charge in [-0.05, 0) is 24.3 Å². The molecule has 2 aromatic carbocycles. The number of hydrogen-bond donors (Lipinski definition) is 1. The zero-order chi connectivity index (χ0) is 14.0. The summed E-state index contributed by atoms with van der Waals surface area (Å²) in [7, 11) is 1.74. The maximum Gasteiger partial charge on any atom is 0.146 e. The molecule has 2 N–H and O–H groups in total. The van der Waals surface area contributed by atoms with E-state index < -0.39 is 0 Å². The summed E-state index contributed by atoms with van der Waals surface area (Å²) in [6.45, 7) is 0. The van der Waals surface area contributed by atoms with Crippen LogP contribution < -0.4 is 10.6 Å². The van der Waals surface area contributed by atoms with E-state index in [1.165, 1.54) is 6.07 Å². The van der Waals surface area contributed by atoms with Crippen molar-refractivity contribution in [3.63, 3.8) is 0 Å². The lowest BCUT2D eigenvalue weighted by Gasteiger charge is -2.23. The molecule has 0 heterocycles. The number of thiocarbonyl (C=S) groups is 1. The van der Waals surface area contributed by atoms with E-state index >= 15 is 0 Å². The molecule has 2 rings (SSSR count). The Morgan fingerprint density at radius 1 is 1.16 bits per heavy atom. The first-order chi connectivity index (χ1) is 9.02. The maximum atomic E-state index is 13.8. The molecule has 98 valence electrons. The van der Waals surface area contributed by atoms with Crippen LogP contribution in [0.25, 0.3) is 0 Å². The SMILES string of the molecule is CN(c1ccccc1F)c1cccc(Cl)c1C(N)=S. The summed E-state index contributed by atoms with van der Waals surface area (Å²) < 4.78 is 13.8. The largest absolute Gasteiger partial charge is 0.389 e. The van der Waals surface area contributed by atoms with Gasteiger partial charge in [-0.1, -0.05) is 42.0 Å². The second-order valence-electron chi connectivity index (χ2n) is 4.01. The quantitative estimate of drug-likeness (QED) is 0.871. The van der Waals surface area contributed by atoms with Crippen LogP contribution in [0.15, 0.2) is 42.5 Å². The number of anilines is 2. The minimum absolute atomic E-state index is 0.184. The van der Waals surface area contributed by atoms with Crippen LogP contribution in [0.3, 0.4) is 0 Å². The maximum absolute atomic E-state index is 13.8. The third-order valence-corrected chi connectivity index (χ3v) is 3.33. The number of rotatable bonds is 3. The Morgan fingerprint density at radius 3 is 2.42 bits per heavy atom. The third kappa shape index (κ3) is 2.69. The highest BCUT2D eigenvalue weighted by atomic mass is 35.5. The number of para-hydroxylation sites is 1. The van der Waals surface area contributed by atoms with Crippen LogP contribution in [0.2, 0.25) is 5.02 Å². The summed E-state index contributed by atoms with van der Waals surface area (Å²) in [5.41, 5.74) is 7.35. The third-order valence-electron chi connectivity index (χ3n) is 2.81. The summed E-state index contributed by atoms with van der Waals surface area (Å²) in [6.07, 6.45) is 0. The standard InChI is InChI=1S/C14H12ClFN2S/c1-18(11-7-3-2-6-10(11)16)12-8-4-5-9(15)13(12)14(17)19/h2-8H,1H3,(H2,17,19). The van der Waals surface area contributed by atoms with Crippen molar-refractivity contribution in [2.75, 3.05) is 11.9 Å². The fraction of sp³-hybridized carbons (Fsp3) is 0.0714. The lowest BCUT2D eigenvalue weighted by Crippen LogP contribution is -2.19. The van der Waals surface area contributed by atoms with Gasteiger partial charge in [0.1, 0.15) is 10.8 Å². The molecule has 0 aliphatic carbocycles. The molecule has 0 unspecified atom stereocenters. The van der Waals surface area contributed by atoms with E-state index in [1.807, 2.05) is 0 Å². The van der Waals surface area contributed by atoms with Gasteiger partial charge in [0.2, 0.25) is 0 Å². The number of halogens is 2. The van der Waals surface area contributed by atoms with Crippen molar-refractivity contribution < 1.29 is 4.39 Å². The lowest BCUT2D eigenvalue weighted by atomic mass is 10.1. The van der Waals surface area contributed by atoms with Gasteiger partial charge in [-0.25, -0.2) is 4.39 Å². The molecule has 19 heavy (non-hydrogen) atoms. The van der Waals surface area contributed by atoms with E-state index in [4.69, 9.17) is 29.6 Å². The van der Waals surface area contributed by atoms with Crippen molar-refractivity contribution in [3.05, 3.63) is 58.9 Å². The van der Waals surface area contributed by atoms with Gasteiger partial charge in [-0.2, -0.15) is 0 Å². The predicted octanol–water partition coefficient (Wildman–Crippen LogP) is 3.88. The first-order valence-corrected chi connectivity index (χ1v) is 6.37. The highest BCUT2D eigenvalue weighted by molar-refractivity contribution is 7.80. The summed E-state index contributed by atoms with van der Waals surface area (Å²) >= 11 is 11.1. The van der Waals surface area contributed by atoms with Crippen LogP contribution in [0, 0.1) is 5.82 Å². The Labute approximate surface area is 121 Å². The van der Waals surface area contributed by atoms with E-state index in [0.29, 0.717) is 22.0 Å². The summed E-state index contributed by atoms with van der Waals surface area (Å²) in [6, 6.07) is 11.8. The van der Waals surface area contributed by atoms with Crippen molar-refractivity contribution in [1.82, 2.24) is 0 Å². The Hall–Kier alpha value is -1.65. The molecule has 0 radical (unpaired) electrons. The highest BCUT2D eigenvalue weighted by Crippen LogP contribution is 2.32. The summed E-state index contributed by atoms with van der Waals surface area (Å²) in [4.78, 5) is 1.86. The Balaban J connectivity index is 2.57. The molecule has 0 saturated heterocycles. The monoisotopic (exact) mass is 294 g/mol.